The number of rotatable bonds is 5. The van der Waals surface area contributed by atoms with Gasteiger partial charge in [-0.1, -0.05) is 32.6 Å². The molecule has 1 saturated carbocycles. The molecule has 0 radical (unpaired) electrons. The summed E-state index contributed by atoms with van der Waals surface area (Å²) in [5.41, 5.74) is -0.441. The van der Waals surface area contributed by atoms with E-state index in [4.69, 9.17) is 0 Å². The molecular formula is C15H27NO2. The molecule has 1 aliphatic carbocycles. The van der Waals surface area contributed by atoms with Gasteiger partial charge in [0.2, 0.25) is 0 Å². The molecule has 1 aliphatic heterocycles. The molecule has 104 valence electrons. The number of carbonyl (C=O) groups is 1. The zero-order chi connectivity index (χ0) is 13.0. The summed E-state index contributed by atoms with van der Waals surface area (Å²) in [6.07, 6.45) is 9.51. The fraction of sp³-hybridized carbons (Fsp3) is 0.933. The molecule has 3 heteroatoms. The summed E-state index contributed by atoms with van der Waals surface area (Å²) in [6.45, 7) is 5.00. The van der Waals surface area contributed by atoms with Gasteiger partial charge in [0.1, 0.15) is 0 Å². The second-order valence-corrected chi connectivity index (χ2v) is 6.32. The third-order valence-corrected chi connectivity index (χ3v) is 4.86. The Labute approximate surface area is 111 Å². The molecule has 0 aromatic rings. The molecule has 0 bridgehead atoms. The Morgan fingerprint density at radius 1 is 1.33 bits per heavy atom. The predicted molar refractivity (Wildman–Crippen MR) is 72.6 cm³/mol. The molecule has 1 unspecified atom stereocenters. The van der Waals surface area contributed by atoms with E-state index in [1.807, 2.05) is 0 Å². The highest BCUT2D eigenvalue weighted by Crippen LogP contribution is 2.36. The smallest absolute Gasteiger partial charge is 0.310 e. The third kappa shape index (κ3) is 3.05. The van der Waals surface area contributed by atoms with Crippen LogP contribution in [0.4, 0.5) is 0 Å². The summed E-state index contributed by atoms with van der Waals surface area (Å²) in [5.74, 6) is 0.250. The fourth-order valence-corrected chi connectivity index (χ4v) is 3.81. The summed E-state index contributed by atoms with van der Waals surface area (Å²) >= 11 is 0. The van der Waals surface area contributed by atoms with Crippen LogP contribution in [0.25, 0.3) is 0 Å². The summed E-state index contributed by atoms with van der Waals surface area (Å²) in [7, 11) is 0. The molecule has 3 nitrogen and oxygen atoms in total. The van der Waals surface area contributed by atoms with E-state index in [2.05, 4.69) is 11.8 Å². The maximum absolute atomic E-state index is 11.5. The maximum Gasteiger partial charge on any atom is 0.310 e. The molecule has 1 heterocycles. The van der Waals surface area contributed by atoms with Gasteiger partial charge < -0.3 is 10.0 Å². The van der Waals surface area contributed by atoms with E-state index in [-0.39, 0.29) is 0 Å². The van der Waals surface area contributed by atoms with Gasteiger partial charge in [0.15, 0.2) is 0 Å². The maximum atomic E-state index is 11.5. The minimum Gasteiger partial charge on any atom is -0.481 e. The first-order chi connectivity index (χ1) is 8.66. The lowest BCUT2D eigenvalue weighted by Gasteiger charge is -2.28. The van der Waals surface area contributed by atoms with Crippen LogP contribution in [0.3, 0.4) is 0 Å². The normalized spacial score (nSPS) is 30.7. The van der Waals surface area contributed by atoms with Gasteiger partial charge >= 0.3 is 5.97 Å². The molecule has 0 aromatic carbocycles. The van der Waals surface area contributed by atoms with Crippen LogP contribution in [0.1, 0.15) is 58.3 Å². The summed E-state index contributed by atoms with van der Waals surface area (Å²) in [5, 5.41) is 9.49. The lowest BCUT2D eigenvalue weighted by molar-refractivity contribution is -0.148. The number of likely N-dealkylation sites (tertiary alicyclic amines) is 1. The predicted octanol–water partition coefficient (Wildman–Crippen LogP) is 3.14. The van der Waals surface area contributed by atoms with Gasteiger partial charge in [0, 0.05) is 13.1 Å². The topological polar surface area (TPSA) is 40.5 Å². The first-order valence-electron chi connectivity index (χ1n) is 7.62. The zero-order valence-corrected chi connectivity index (χ0v) is 11.7. The van der Waals surface area contributed by atoms with Crippen LogP contribution < -0.4 is 0 Å². The molecule has 1 N–H and O–H groups in total. The Morgan fingerprint density at radius 3 is 2.67 bits per heavy atom. The van der Waals surface area contributed by atoms with Crippen LogP contribution in [0, 0.1) is 11.3 Å². The first-order valence-corrected chi connectivity index (χ1v) is 7.62. The minimum atomic E-state index is -0.574. The molecular weight excluding hydrogens is 226 g/mol. The fourth-order valence-electron chi connectivity index (χ4n) is 3.81. The lowest BCUT2D eigenvalue weighted by atomic mass is 9.82. The number of carboxylic acids is 1. The second-order valence-electron chi connectivity index (χ2n) is 6.32. The summed E-state index contributed by atoms with van der Waals surface area (Å²) in [4.78, 5) is 13.9. The largest absolute Gasteiger partial charge is 0.481 e. The van der Waals surface area contributed by atoms with E-state index < -0.39 is 11.4 Å². The van der Waals surface area contributed by atoms with E-state index in [9.17, 15) is 9.90 Å². The van der Waals surface area contributed by atoms with Crippen molar-refractivity contribution < 1.29 is 9.90 Å². The Morgan fingerprint density at radius 2 is 2.06 bits per heavy atom. The van der Waals surface area contributed by atoms with E-state index in [0.717, 1.165) is 44.8 Å². The van der Waals surface area contributed by atoms with Crippen LogP contribution in [0.5, 0.6) is 0 Å². The van der Waals surface area contributed by atoms with Gasteiger partial charge in [0.05, 0.1) is 5.41 Å². The van der Waals surface area contributed by atoms with E-state index in [0.29, 0.717) is 0 Å². The molecule has 2 rings (SSSR count). The van der Waals surface area contributed by atoms with Crippen LogP contribution in [0.15, 0.2) is 0 Å². The molecule has 1 atom stereocenters. The van der Waals surface area contributed by atoms with Crippen LogP contribution in [-0.4, -0.2) is 35.6 Å². The summed E-state index contributed by atoms with van der Waals surface area (Å²) < 4.78 is 0. The highest BCUT2D eigenvalue weighted by Gasteiger charge is 2.44. The van der Waals surface area contributed by atoms with Crippen molar-refractivity contribution in [3.05, 3.63) is 0 Å². The Kier molecular flexibility index (Phi) is 4.66. The van der Waals surface area contributed by atoms with E-state index >= 15 is 0 Å². The molecule has 0 spiro atoms. The van der Waals surface area contributed by atoms with Gasteiger partial charge in [0.25, 0.3) is 0 Å². The number of carboxylic acid groups (broad SMARTS) is 1. The Hall–Kier alpha value is -0.570. The van der Waals surface area contributed by atoms with Crippen molar-refractivity contribution in [3.63, 3.8) is 0 Å². The number of hydrogen-bond donors (Lipinski definition) is 1. The molecule has 1 saturated heterocycles. The molecule has 2 aliphatic rings. The van der Waals surface area contributed by atoms with Crippen LogP contribution in [-0.2, 0) is 4.79 Å². The van der Waals surface area contributed by atoms with Crippen molar-refractivity contribution in [1.29, 1.82) is 0 Å². The summed E-state index contributed by atoms with van der Waals surface area (Å²) in [6, 6.07) is 0. The van der Waals surface area contributed by atoms with E-state index in [1.54, 1.807) is 0 Å². The second kappa shape index (κ2) is 6.05. The standard InChI is InChI=1S/C15H27NO2/c1-2-8-15(14(17)18)9-10-16(12-15)11-13-6-4-3-5-7-13/h13H,2-12H2,1H3,(H,17,18). The number of aliphatic carboxylic acids is 1. The monoisotopic (exact) mass is 253 g/mol. The number of hydrogen-bond acceptors (Lipinski definition) is 2. The van der Waals surface area contributed by atoms with Crippen molar-refractivity contribution in [2.24, 2.45) is 11.3 Å². The van der Waals surface area contributed by atoms with Gasteiger partial charge in [-0.05, 0) is 38.1 Å². The van der Waals surface area contributed by atoms with Crippen molar-refractivity contribution in [2.45, 2.75) is 58.3 Å². The van der Waals surface area contributed by atoms with Gasteiger partial charge in [-0.15, -0.1) is 0 Å². The first kappa shape index (κ1) is 13.9. The van der Waals surface area contributed by atoms with Crippen LogP contribution >= 0.6 is 0 Å². The van der Waals surface area contributed by atoms with Gasteiger partial charge in [-0.25, -0.2) is 0 Å². The minimum absolute atomic E-state index is 0.441. The Balaban J connectivity index is 1.87. The molecule has 0 aromatic heterocycles. The van der Waals surface area contributed by atoms with Gasteiger partial charge in [-0.3, -0.25) is 4.79 Å². The van der Waals surface area contributed by atoms with Crippen molar-refractivity contribution >= 4 is 5.97 Å². The van der Waals surface area contributed by atoms with Crippen molar-refractivity contribution in [1.82, 2.24) is 4.90 Å². The number of nitrogens with zero attached hydrogens (tertiary/aromatic N) is 1. The average Bonchev–Trinajstić information content (AvgIpc) is 2.76. The highest BCUT2D eigenvalue weighted by molar-refractivity contribution is 5.75. The van der Waals surface area contributed by atoms with E-state index in [1.165, 1.54) is 32.1 Å². The third-order valence-electron chi connectivity index (χ3n) is 4.86. The molecule has 0 amide bonds. The SMILES string of the molecule is CCCC1(C(=O)O)CCN(CC2CCCCC2)C1. The van der Waals surface area contributed by atoms with Crippen molar-refractivity contribution in [3.8, 4) is 0 Å². The molecule has 18 heavy (non-hydrogen) atoms. The quantitative estimate of drug-likeness (QED) is 0.818. The Bertz CT molecular complexity index is 286. The highest BCUT2D eigenvalue weighted by atomic mass is 16.4. The molecule has 2 fully saturated rings. The van der Waals surface area contributed by atoms with Crippen molar-refractivity contribution in [2.75, 3.05) is 19.6 Å². The van der Waals surface area contributed by atoms with Crippen LogP contribution in [0.2, 0.25) is 0 Å². The zero-order valence-electron chi connectivity index (χ0n) is 11.7. The lowest BCUT2D eigenvalue weighted by Crippen LogP contribution is -2.36. The average molecular weight is 253 g/mol. The van der Waals surface area contributed by atoms with Gasteiger partial charge in [-0.2, -0.15) is 0 Å².